The summed E-state index contributed by atoms with van der Waals surface area (Å²) in [6.07, 6.45) is 0. The van der Waals surface area contributed by atoms with Crippen molar-refractivity contribution in [2.45, 2.75) is 11.4 Å². The highest BCUT2D eigenvalue weighted by Gasteiger charge is 2.16. The lowest BCUT2D eigenvalue weighted by atomic mass is 10.1. The minimum Gasteiger partial charge on any atom is -0.348 e. The molecule has 2 N–H and O–H groups in total. The lowest BCUT2D eigenvalue weighted by molar-refractivity contribution is 0.0951. The third-order valence-electron chi connectivity index (χ3n) is 4.58. The van der Waals surface area contributed by atoms with Crippen LogP contribution in [0.4, 0.5) is 11.4 Å². The van der Waals surface area contributed by atoms with E-state index in [1.54, 1.807) is 24.3 Å². The normalized spacial score (nSPS) is 11.1. The van der Waals surface area contributed by atoms with Crippen molar-refractivity contribution in [1.29, 1.82) is 0 Å². The van der Waals surface area contributed by atoms with Crippen LogP contribution in [-0.2, 0) is 16.6 Å². The lowest BCUT2D eigenvalue weighted by Crippen LogP contribution is -2.25. The van der Waals surface area contributed by atoms with Gasteiger partial charge in [-0.15, -0.1) is 0 Å². The Kier molecular flexibility index (Phi) is 6.31. The van der Waals surface area contributed by atoms with E-state index < -0.39 is 10.0 Å². The highest BCUT2D eigenvalue weighted by atomic mass is 32.2. The van der Waals surface area contributed by atoms with Gasteiger partial charge in [-0.25, -0.2) is 13.1 Å². The summed E-state index contributed by atoms with van der Waals surface area (Å²) in [5.41, 5.74) is 2.99. The van der Waals surface area contributed by atoms with E-state index in [1.807, 2.05) is 60.5 Å². The van der Waals surface area contributed by atoms with Crippen LogP contribution in [0.5, 0.6) is 0 Å². The molecule has 3 rings (SSSR count). The molecule has 3 aromatic carbocycles. The van der Waals surface area contributed by atoms with Crippen LogP contribution in [0, 0.1) is 0 Å². The van der Waals surface area contributed by atoms with E-state index in [4.69, 9.17) is 0 Å². The van der Waals surface area contributed by atoms with Gasteiger partial charge in [0.15, 0.2) is 0 Å². The summed E-state index contributed by atoms with van der Waals surface area (Å²) in [5, 5.41) is 2.88. The number of amides is 1. The number of hydrogen-bond donors (Lipinski definition) is 2. The predicted octanol–water partition coefficient (Wildman–Crippen LogP) is 3.29. The first-order valence-electron chi connectivity index (χ1n) is 9.11. The number of para-hydroxylation sites is 2. The lowest BCUT2D eigenvalue weighted by Gasteiger charge is -2.22. The number of rotatable bonds is 7. The Morgan fingerprint density at radius 2 is 1.62 bits per heavy atom. The molecular weight excluding hydrogens is 386 g/mol. The van der Waals surface area contributed by atoms with Gasteiger partial charge in [0.05, 0.1) is 16.1 Å². The van der Waals surface area contributed by atoms with Gasteiger partial charge < -0.3 is 10.2 Å². The van der Waals surface area contributed by atoms with Crippen molar-refractivity contribution in [1.82, 2.24) is 10.0 Å². The van der Waals surface area contributed by atoms with E-state index in [-0.39, 0.29) is 17.3 Å². The number of nitrogens with one attached hydrogen (secondary N) is 2. The standard InChI is InChI=1S/C22H23N3O3S/c1-23-29(27,28)19-12-8-9-17(15-19)16-24-22(26)20-13-6-7-14-21(20)25(2)18-10-4-3-5-11-18/h3-15,23H,16H2,1-2H3,(H,24,26). The van der Waals surface area contributed by atoms with E-state index >= 15 is 0 Å². The monoisotopic (exact) mass is 409 g/mol. The number of hydrogen-bond acceptors (Lipinski definition) is 4. The Labute approximate surface area is 171 Å². The molecule has 1 amide bonds. The van der Waals surface area contributed by atoms with Crippen molar-refractivity contribution < 1.29 is 13.2 Å². The highest BCUT2D eigenvalue weighted by Crippen LogP contribution is 2.26. The molecule has 0 fully saturated rings. The zero-order valence-corrected chi connectivity index (χ0v) is 17.1. The summed E-state index contributed by atoms with van der Waals surface area (Å²) in [6.45, 7) is 0.218. The Morgan fingerprint density at radius 3 is 2.34 bits per heavy atom. The maximum atomic E-state index is 12.8. The topological polar surface area (TPSA) is 78.5 Å². The summed E-state index contributed by atoms with van der Waals surface area (Å²) in [7, 11) is -0.254. The van der Waals surface area contributed by atoms with Gasteiger partial charge in [0, 0.05) is 19.3 Å². The maximum Gasteiger partial charge on any atom is 0.253 e. The van der Waals surface area contributed by atoms with Gasteiger partial charge in [-0.05, 0) is 49.0 Å². The van der Waals surface area contributed by atoms with Crippen LogP contribution in [0.2, 0.25) is 0 Å². The van der Waals surface area contributed by atoms with Crippen LogP contribution in [0.1, 0.15) is 15.9 Å². The molecule has 0 bridgehead atoms. The number of benzene rings is 3. The molecule has 0 saturated heterocycles. The predicted molar refractivity (Wildman–Crippen MR) is 115 cm³/mol. The van der Waals surface area contributed by atoms with Gasteiger partial charge >= 0.3 is 0 Å². The van der Waals surface area contributed by atoms with Crippen molar-refractivity contribution in [3.8, 4) is 0 Å². The van der Waals surface area contributed by atoms with Crippen molar-refractivity contribution in [2.75, 3.05) is 19.0 Å². The molecule has 0 spiro atoms. The molecule has 0 aliphatic heterocycles. The fraction of sp³-hybridized carbons (Fsp3) is 0.136. The molecule has 0 radical (unpaired) electrons. The maximum absolute atomic E-state index is 12.8. The molecule has 150 valence electrons. The summed E-state index contributed by atoms with van der Waals surface area (Å²) in [5.74, 6) is -0.231. The minimum absolute atomic E-state index is 0.163. The van der Waals surface area contributed by atoms with E-state index in [1.165, 1.54) is 13.1 Å². The third-order valence-corrected chi connectivity index (χ3v) is 6.00. The van der Waals surface area contributed by atoms with Crippen LogP contribution in [0.25, 0.3) is 0 Å². The molecule has 0 atom stereocenters. The molecule has 0 aliphatic carbocycles. The number of nitrogens with zero attached hydrogens (tertiary/aromatic N) is 1. The molecule has 0 heterocycles. The summed E-state index contributed by atoms with van der Waals surface area (Å²) in [6, 6.07) is 23.6. The summed E-state index contributed by atoms with van der Waals surface area (Å²) in [4.78, 5) is 15.0. The Balaban J connectivity index is 1.78. The Hall–Kier alpha value is -3.16. The first-order chi connectivity index (χ1) is 13.9. The van der Waals surface area contributed by atoms with Gasteiger partial charge in [-0.3, -0.25) is 4.79 Å². The largest absolute Gasteiger partial charge is 0.348 e. The number of sulfonamides is 1. The van der Waals surface area contributed by atoms with E-state index in [0.29, 0.717) is 11.1 Å². The average molecular weight is 410 g/mol. The van der Waals surface area contributed by atoms with Crippen LogP contribution in [0.15, 0.2) is 83.8 Å². The highest BCUT2D eigenvalue weighted by molar-refractivity contribution is 7.89. The van der Waals surface area contributed by atoms with Crippen molar-refractivity contribution in [3.05, 3.63) is 90.0 Å². The van der Waals surface area contributed by atoms with Crippen LogP contribution in [-0.4, -0.2) is 28.4 Å². The molecule has 6 nitrogen and oxygen atoms in total. The fourth-order valence-corrected chi connectivity index (χ4v) is 3.77. The summed E-state index contributed by atoms with van der Waals surface area (Å²) >= 11 is 0. The molecule has 0 unspecified atom stereocenters. The number of carbonyl (C=O) groups is 1. The average Bonchev–Trinajstić information content (AvgIpc) is 2.77. The van der Waals surface area contributed by atoms with Gasteiger partial charge in [-0.2, -0.15) is 0 Å². The second-order valence-electron chi connectivity index (χ2n) is 6.45. The van der Waals surface area contributed by atoms with Gasteiger partial charge in [0.2, 0.25) is 10.0 Å². The smallest absolute Gasteiger partial charge is 0.253 e. The Bertz CT molecular complexity index is 1100. The minimum atomic E-state index is -3.53. The van der Waals surface area contributed by atoms with Gasteiger partial charge in [0.25, 0.3) is 5.91 Å². The number of carbonyl (C=O) groups excluding carboxylic acids is 1. The third kappa shape index (κ3) is 4.82. The molecule has 0 aliphatic rings. The van der Waals surface area contributed by atoms with Crippen LogP contribution in [0.3, 0.4) is 0 Å². The second kappa shape index (κ2) is 8.89. The van der Waals surface area contributed by atoms with E-state index in [9.17, 15) is 13.2 Å². The Morgan fingerprint density at radius 1 is 0.931 bits per heavy atom. The SMILES string of the molecule is CNS(=O)(=O)c1cccc(CNC(=O)c2ccccc2N(C)c2ccccc2)c1. The van der Waals surface area contributed by atoms with Crippen LogP contribution < -0.4 is 14.9 Å². The van der Waals surface area contributed by atoms with Crippen molar-refractivity contribution in [3.63, 3.8) is 0 Å². The van der Waals surface area contributed by atoms with Crippen molar-refractivity contribution >= 4 is 27.3 Å². The number of anilines is 2. The fourth-order valence-electron chi connectivity index (χ4n) is 2.97. The zero-order chi connectivity index (χ0) is 20.9. The molecule has 0 aromatic heterocycles. The quantitative estimate of drug-likeness (QED) is 0.628. The van der Waals surface area contributed by atoms with Crippen molar-refractivity contribution in [2.24, 2.45) is 0 Å². The van der Waals surface area contributed by atoms with Gasteiger partial charge in [-0.1, -0.05) is 42.5 Å². The second-order valence-corrected chi connectivity index (χ2v) is 8.34. The zero-order valence-electron chi connectivity index (χ0n) is 16.3. The van der Waals surface area contributed by atoms with Crippen LogP contribution >= 0.6 is 0 Å². The van der Waals surface area contributed by atoms with E-state index in [2.05, 4.69) is 10.0 Å². The molecular formula is C22H23N3O3S. The first kappa shape index (κ1) is 20.6. The van der Waals surface area contributed by atoms with E-state index in [0.717, 1.165) is 11.4 Å². The molecule has 3 aromatic rings. The molecule has 29 heavy (non-hydrogen) atoms. The van der Waals surface area contributed by atoms with Gasteiger partial charge in [0.1, 0.15) is 0 Å². The molecule has 7 heteroatoms. The molecule has 0 saturated carbocycles. The summed E-state index contributed by atoms with van der Waals surface area (Å²) < 4.78 is 26.2. The first-order valence-corrected chi connectivity index (χ1v) is 10.6.